The van der Waals surface area contributed by atoms with E-state index in [0.29, 0.717) is 23.8 Å². The number of carbonyl (C=O) groups excluding carboxylic acids is 1. The van der Waals surface area contributed by atoms with E-state index in [1.807, 2.05) is 35.2 Å². The van der Waals surface area contributed by atoms with Crippen molar-refractivity contribution in [2.24, 2.45) is 0 Å². The number of rotatable bonds is 3. The Bertz CT molecular complexity index is 1060. The fourth-order valence-corrected chi connectivity index (χ4v) is 4.65. The van der Waals surface area contributed by atoms with Crippen molar-refractivity contribution in [3.63, 3.8) is 0 Å². The van der Waals surface area contributed by atoms with Gasteiger partial charge in [-0.15, -0.1) is 0 Å². The second-order valence-electron chi connectivity index (χ2n) is 8.17. The molecular formula is C24H26ClN5O. The van der Waals surface area contributed by atoms with Crippen LogP contribution < -0.4 is 4.90 Å². The van der Waals surface area contributed by atoms with Gasteiger partial charge in [-0.3, -0.25) is 4.79 Å². The van der Waals surface area contributed by atoms with Crippen molar-refractivity contribution in [1.29, 1.82) is 0 Å². The first-order valence-corrected chi connectivity index (χ1v) is 11.4. The second-order valence-corrected chi connectivity index (χ2v) is 8.61. The Hall–Kier alpha value is -2.86. The highest BCUT2D eigenvalue weighted by Gasteiger charge is 2.29. The summed E-state index contributed by atoms with van der Waals surface area (Å²) < 4.78 is 2.28. The number of benzene rings is 1. The minimum absolute atomic E-state index is 0.0524. The van der Waals surface area contributed by atoms with E-state index in [4.69, 9.17) is 16.6 Å². The quantitative estimate of drug-likeness (QED) is 0.616. The maximum Gasteiger partial charge on any atom is 0.274 e. The van der Waals surface area contributed by atoms with Crippen LogP contribution in [0.25, 0.3) is 11.4 Å². The zero-order valence-electron chi connectivity index (χ0n) is 17.5. The van der Waals surface area contributed by atoms with E-state index in [0.717, 1.165) is 61.8 Å². The van der Waals surface area contributed by atoms with Gasteiger partial charge >= 0.3 is 0 Å². The molecule has 0 atom stereocenters. The lowest BCUT2D eigenvalue weighted by atomic mass is 10.1. The van der Waals surface area contributed by atoms with Gasteiger partial charge < -0.3 is 14.4 Å². The Morgan fingerprint density at radius 2 is 1.71 bits per heavy atom. The third-order valence-corrected chi connectivity index (χ3v) is 6.43. The highest BCUT2D eigenvalue weighted by Crippen LogP contribution is 2.28. The van der Waals surface area contributed by atoms with Crippen molar-refractivity contribution in [1.82, 2.24) is 19.4 Å². The number of anilines is 1. The van der Waals surface area contributed by atoms with Crippen molar-refractivity contribution in [2.75, 3.05) is 31.1 Å². The molecular weight excluding hydrogens is 410 g/mol. The summed E-state index contributed by atoms with van der Waals surface area (Å²) in [6, 6.07) is 14.0. The molecule has 3 aromatic rings. The molecule has 2 aliphatic rings. The molecule has 0 spiro atoms. The fourth-order valence-electron chi connectivity index (χ4n) is 4.54. The van der Waals surface area contributed by atoms with Crippen LogP contribution in [0.1, 0.15) is 35.4 Å². The molecule has 6 nitrogen and oxygen atoms in total. The fraction of sp³-hybridized carbons (Fsp3) is 0.375. The van der Waals surface area contributed by atoms with Gasteiger partial charge in [0.25, 0.3) is 5.91 Å². The van der Waals surface area contributed by atoms with Crippen LogP contribution in [0.3, 0.4) is 0 Å². The zero-order valence-corrected chi connectivity index (χ0v) is 18.3. The summed E-state index contributed by atoms with van der Waals surface area (Å²) in [5.74, 6) is 1.88. The average molecular weight is 436 g/mol. The van der Waals surface area contributed by atoms with Gasteiger partial charge in [0.15, 0.2) is 0 Å². The Balaban J connectivity index is 1.38. The van der Waals surface area contributed by atoms with Gasteiger partial charge in [0.2, 0.25) is 0 Å². The number of nitrogens with zero attached hydrogens (tertiary/aromatic N) is 5. The number of fused-ring (bicyclic) bond motifs is 1. The molecule has 2 aliphatic heterocycles. The van der Waals surface area contributed by atoms with Crippen LogP contribution in [0, 0.1) is 0 Å². The standard InChI is InChI=1S/C24H26ClN5O/c25-19-10-11-21(26-17-19)28-13-15-29(16-14-28)24(31)22-20-9-5-2-6-12-30(20)23(27-22)18-7-3-1-4-8-18/h1,3-4,7-8,10-11,17H,2,5-6,9,12-16H2. The number of carbonyl (C=O) groups is 1. The molecule has 1 saturated heterocycles. The minimum Gasteiger partial charge on any atom is -0.353 e. The smallest absolute Gasteiger partial charge is 0.274 e. The van der Waals surface area contributed by atoms with Crippen LogP contribution >= 0.6 is 11.6 Å². The molecule has 0 aliphatic carbocycles. The van der Waals surface area contributed by atoms with Crippen LogP contribution in [0.5, 0.6) is 0 Å². The van der Waals surface area contributed by atoms with Crippen LogP contribution in [0.4, 0.5) is 5.82 Å². The third kappa shape index (κ3) is 4.04. The number of imidazole rings is 1. The van der Waals surface area contributed by atoms with Gasteiger partial charge in [-0.25, -0.2) is 9.97 Å². The third-order valence-electron chi connectivity index (χ3n) is 6.21. The molecule has 1 amide bonds. The molecule has 160 valence electrons. The largest absolute Gasteiger partial charge is 0.353 e. The van der Waals surface area contributed by atoms with Crippen molar-refractivity contribution in [3.05, 3.63) is 65.1 Å². The molecule has 2 aromatic heterocycles. The van der Waals surface area contributed by atoms with E-state index < -0.39 is 0 Å². The van der Waals surface area contributed by atoms with Crippen molar-refractivity contribution in [3.8, 4) is 11.4 Å². The van der Waals surface area contributed by atoms with E-state index >= 15 is 0 Å². The molecule has 4 heterocycles. The number of halogens is 1. The molecule has 0 bridgehead atoms. The number of aromatic nitrogens is 3. The lowest BCUT2D eigenvalue weighted by Crippen LogP contribution is -2.49. The lowest BCUT2D eigenvalue weighted by Gasteiger charge is -2.35. The maximum absolute atomic E-state index is 13.5. The Morgan fingerprint density at radius 1 is 0.903 bits per heavy atom. The zero-order chi connectivity index (χ0) is 21.2. The van der Waals surface area contributed by atoms with E-state index in [-0.39, 0.29) is 5.91 Å². The van der Waals surface area contributed by atoms with Crippen molar-refractivity contribution < 1.29 is 4.79 Å². The van der Waals surface area contributed by atoms with Crippen molar-refractivity contribution in [2.45, 2.75) is 32.2 Å². The Morgan fingerprint density at radius 3 is 2.45 bits per heavy atom. The second kappa shape index (κ2) is 8.71. The Kier molecular flexibility index (Phi) is 5.64. The summed E-state index contributed by atoms with van der Waals surface area (Å²) in [6.07, 6.45) is 6.01. The molecule has 31 heavy (non-hydrogen) atoms. The number of amides is 1. The van der Waals surface area contributed by atoms with Gasteiger partial charge in [-0.05, 0) is 31.4 Å². The molecule has 0 radical (unpaired) electrons. The monoisotopic (exact) mass is 435 g/mol. The van der Waals surface area contributed by atoms with E-state index in [1.165, 1.54) is 6.42 Å². The predicted molar refractivity (Wildman–Crippen MR) is 123 cm³/mol. The minimum atomic E-state index is 0.0524. The van der Waals surface area contributed by atoms with Gasteiger partial charge in [0.05, 0.1) is 10.7 Å². The number of hydrogen-bond donors (Lipinski definition) is 0. The van der Waals surface area contributed by atoms with Crippen molar-refractivity contribution >= 4 is 23.3 Å². The summed E-state index contributed by atoms with van der Waals surface area (Å²) in [6.45, 7) is 3.76. The average Bonchev–Trinajstić information content (AvgIpc) is 3.00. The van der Waals surface area contributed by atoms with E-state index in [2.05, 4.69) is 26.6 Å². The van der Waals surface area contributed by atoms with Gasteiger partial charge in [-0.1, -0.05) is 48.4 Å². The van der Waals surface area contributed by atoms with Crippen LogP contribution in [-0.2, 0) is 13.0 Å². The number of piperazine rings is 1. The molecule has 0 saturated carbocycles. The molecule has 1 aromatic carbocycles. The maximum atomic E-state index is 13.5. The van der Waals surface area contributed by atoms with Gasteiger partial charge in [0.1, 0.15) is 17.3 Å². The number of hydrogen-bond acceptors (Lipinski definition) is 4. The van der Waals surface area contributed by atoms with Crippen LogP contribution in [0.2, 0.25) is 5.02 Å². The van der Waals surface area contributed by atoms with Crippen LogP contribution in [-0.4, -0.2) is 51.5 Å². The first-order valence-electron chi connectivity index (χ1n) is 11.0. The van der Waals surface area contributed by atoms with Gasteiger partial charge in [-0.2, -0.15) is 0 Å². The SMILES string of the molecule is O=C(c1nc(-c2ccccc2)n2c1CCCCC2)N1CCN(c2ccc(Cl)cn2)CC1. The highest BCUT2D eigenvalue weighted by molar-refractivity contribution is 6.30. The normalized spacial score (nSPS) is 16.7. The summed E-state index contributed by atoms with van der Waals surface area (Å²) in [5, 5.41) is 0.632. The molecule has 0 unspecified atom stereocenters. The molecule has 5 rings (SSSR count). The molecule has 7 heteroatoms. The van der Waals surface area contributed by atoms with E-state index in [9.17, 15) is 4.79 Å². The summed E-state index contributed by atoms with van der Waals surface area (Å²) in [5.41, 5.74) is 2.81. The van der Waals surface area contributed by atoms with Gasteiger partial charge in [0, 0.05) is 44.5 Å². The molecule has 0 N–H and O–H groups in total. The summed E-state index contributed by atoms with van der Waals surface area (Å²) in [7, 11) is 0. The predicted octanol–water partition coefficient (Wildman–Crippen LogP) is 4.29. The number of pyridine rings is 1. The highest BCUT2D eigenvalue weighted by atomic mass is 35.5. The Labute approximate surface area is 187 Å². The molecule has 1 fully saturated rings. The van der Waals surface area contributed by atoms with Crippen LogP contribution in [0.15, 0.2) is 48.7 Å². The first-order chi connectivity index (χ1) is 15.2. The van der Waals surface area contributed by atoms with E-state index in [1.54, 1.807) is 6.20 Å². The summed E-state index contributed by atoms with van der Waals surface area (Å²) >= 11 is 5.96. The lowest BCUT2D eigenvalue weighted by molar-refractivity contribution is 0.0740. The topological polar surface area (TPSA) is 54.3 Å². The first kappa shape index (κ1) is 20.1. The summed E-state index contributed by atoms with van der Waals surface area (Å²) in [4.78, 5) is 27.0.